The van der Waals surface area contributed by atoms with Crippen LogP contribution in [0.25, 0.3) is 0 Å². The molecule has 0 radical (unpaired) electrons. The Morgan fingerprint density at radius 3 is 2.65 bits per heavy atom. The van der Waals surface area contributed by atoms with Gasteiger partial charge in [-0.3, -0.25) is 0 Å². The summed E-state index contributed by atoms with van der Waals surface area (Å²) in [6.07, 6.45) is 1.97. The van der Waals surface area contributed by atoms with E-state index in [9.17, 15) is 4.79 Å². The second-order valence-corrected chi connectivity index (χ2v) is 4.48. The molecule has 17 heavy (non-hydrogen) atoms. The van der Waals surface area contributed by atoms with Gasteiger partial charge in [-0.25, -0.2) is 4.79 Å². The molecule has 100 valence electrons. The van der Waals surface area contributed by atoms with E-state index in [4.69, 9.17) is 14.2 Å². The standard InChI is InChI=1S/C12H23NO4/c1-4-13-12(2,11(14)15-3)9-17-10-5-7-16-8-6-10/h10,13H,4-9H2,1-3H3. The van der Waals surface area contributed by atoms with Crippen LogP contribution in [0.15, 0.2) is 0 Å². The number of likely N-dealkylation sites (N-methyl/N-ethyl adjacent to an activating group) is 1. The van der Waals surface area contributed by atoms with Gasteiger partial charge in [-0.15, -0.1) is 0 Å². The lowest BCUT2D eigenvalue weighted by molar-refractivity contribution is -0.152. The lowest BCUT2D eigenvalue weighted by Gasteiger charge is -2.30. The van der Waals surface area contributed by atoms with Crippen molar-refractivity contribution in [3.8, 4) is 0 Å². The molecule has 5 nitrogen and oxygen atoms in total. The summed E-state index contributed by atoms with van der Waals surface area (Å²) in [7, 11) is 1.40. The molecule has 1 fully saturated rings. The van der Waals surface area contributed by atoms with Crippen LogP contribution in [0.5, 0.6) is 0 Å². The molecule has 1 saturated heterocycles. The lowest BCUT2D eigenvalue weighted by atomic mass is 10.0. The second kappa shape index (κ2) is 6.93. The molecule has 1 N–H and O–H groups in total. The van der Waals surface area contributed by atoms with Gasteiger partial charge in [0.15, 0.2) is 0 Å². The van der Waals surface area contributed by atoms with Gasteiger partial charge >= 0.3 is 5.97 Å². The Hall–Kier alpha value is -0.650. The summed E-state index contributed by atoms with van der Waals surface area (Å²) >= 11 is 0. The molecule has 0 aromatic heterocycles. The molecule has 1 atom stereocenters. The molecule has 1 aliphatic rings. The lowest BCUT2D eigenvalue weighted by Crippen LogP contribution is -2.54. The van der Waals surface area contributed by atoms with Crippen molar-refractivity contribution in [3.63, 3.8) is 0 Å². The van der Waals surface area contributed by atoms with Crippen molar-refractivity contribution in [1.29, 1.82) is 0 Å². The molecule has 1 unspecified atom stereocenters. The highest BCUT2D eigenvalue weighted by Crippen LogP contribution is 2.14. The Labute approximate surface area is 103 Å². The smallest absolute Gasteiger partial charge is 0.328 e. The van der Waals surface area contributed by atoms with Crippen LogP contribution in [0.1, 0.15) is 26.7 Å². The summed E-state index contributed by atoms with van der Waals surface area (Å²) in [4.78, 5) is 11.7. The normalized spacial score (nSPS) is 20.9. The number of carbonyl (C=O) groups excluding carboxylic acids is 1. The average Bonchev–Trinajstić information content (AvgIpc) is 2.37. The summed E-state index contributed by atoms with van der Waals surface area (Å²) in [5.74, 6) is -0.286. The van der Waals surface area contributed by atoms with Crippen LogP contribution < -0.4 is 5.32 Å². The molecule has 0 aromatic rings. The Balaban J connectivity index is 2.45. The molecule has 1 heterocycles. The Kier molecular flexibility index (Phi) is 5.88. The predicted molar refractivity (Wildman–Crippen MR) is 63.9 cm³/mol. The first-order valence-electron chi connectivity index (χ1n) is 6.15. The number of rotatable bonds is 6. The number of carbonyl (C=O) groups is 1. The SMILES string of the molecule is CCNC(C)(COC1CCOCC1)C(=O)OC. The largest absolute Gasteiger partial charge is 0.468 e. The molecule has 0 spiro atoms. The van der Waals surface area contributed by atoms with Crippen LogP contribution >= 0.6 is 0 Å². The molecule has 1 aliphatic heterocycles. The van der Waals surface area contributed by atoms with Gasteiger partial charge in [0.2, 0.25) is 0 Å². The fourth-order valence-corrected chi connectivity index (χ4v) is 1.92. The van der Waals surface area contributed by atoms with E-state index in [-0.39, 0.29) is 12.1 Å². The fraction of sp³-hybridized carbons (Fsp3) is 0.917. The van der Waals surface area contributed by atoms with Crippen LogP contribution in [0, 0.1) is 0 Å². The van der Waals surface area contributed by atoms with E-state index in [0.717, 1.165) is 26.1 Å². The van der Waals surface area contributed by atoms with Crippen LogP contribution in [0.2, 0.25) is 0 Å². The first-order valence-corrected chi connectivity index (χ1v) is 6.15. The Morgan fingerprint density at radius 2 is 2.12 bits per heavy atom. The Bertz CT molecular complexity index is 241. The topological polar surface area (TPSA) is 56.8 Å². The van der Waals surface area contributed by atoms with E-state index in [2.05, 4.69) is 5.32 Å². The van der Waals surface area contributed by atoms with Crippen LogP contribution in [0.4, 0.5) is 0 Å². The molecule has 0 aromatic carbocycles. The first-order chi connectivity index (χ1) is 8.12. The van der Waals surface area contributed by atoms with Crippen LogP contribution in [-0.2, 0) is 19.0 Å². The minimum atomic E-state index is -0.762. The third-order valence-electron chi connectivity index (χ3n) is 2.98. The van der Waals surface area contributed by atoms with Gasteiger partial charge in [-0.1, -0.05) is 6.92 Å². The molecule has 0 amide bonds. The van der Waals surface area contributed by atoms with Crippen molar-refractivity contribution in [2.45, 2.75) is 38.3 Å². The third-order valence-corrected chi connectivity index (χ3v) is 2.98. The van der Waals surface area contributed by atoms with Crippen molar-refractivity contribution in [1.82, 2.24) is 5.32 Å². The van der Waals surface area contributed by atoms with E-state index in [1.807, 2.05) is 13.8 Å². The monoisotopic (exact) mass is 245 g/mol. The van der Waals surface area contributed by atoms with Gasteiger partial charge in [0.1, 0.15) is 5.54 Å². The van der Waals surface area contributed by atoms with Gasteiger partial charge in [-0.2, -0.15) is 0 Å². The molecular weight excluding hydrogens is 222 g/mol. The minimum Gasteiger partial charge on any atom is -0.468 e. The molecule has 0 aliphatic carbocycles. The zero-order valence-corrected chi connectivity index (χ0v) is 11.0. The summed E-state index contributed by atoms with van der Waals surface area (Å²) in [5.41, 5.74) is -0.762. The molecule has 5 heteroatoms. The third kappa shape index (κ3) is 4.26. The Morgan fingerprint density at radius 1 is 1.47 bits per heavy atom. The molecule has 0 bridgehead atoms. The highest BCUT2D eigenvalue weighted by Gasteiger charge is 2.34. The highest BCUT2D eigenvalue weighted by atomic mass is 16.5. The van der Waals surface area contributed by atoms with E-state index in [0.29, 0.717) is 13.2 Å². The van der Waals surface area contributed by atoms with E-state index in [1.165, 1.54) is 7.11 Å². The zero-order chi connectivity index (χ0) is 12.7. The van der Waals surface area contributed by atoms with Crippen molar-refractivity contribution in [2.75, 3.05) is 33.5 Å². The summed E-state index contributed by atoms with van der Waals surface area (Å²) < 4.78 is 15.8. The first kappa shape index (κ1) is 14.4. The van der Waals surface area contributed by atoms with Gasteiger partial charge in [-0.05, 0) is 26.3 Å². The van der Waals surface area contributed by atoms with Gasteiger partial charge in [0, 0.05) is 13.2 Å². The summed E-state index contributed by atoms with van der Waals surface area (Å²) in [6, 6.07) is 0. The number of ether oxygens (including phenoxy) is 3. The van der Waals surface area contributed by atoms with Gasteiger partial charge in [0.25, 0.3) is 0 Å². The summed E-state index contributed by atoms with van der Waals surface area (Å²) in [6.45, 7) is 6.26. The number of hydrogen-bond donors (Lipinski definition) is 1. The highest BCUT2D eigenvalue weighted by molar-refractivity contribution is 5.80. The second-order valence-electron chi connectivity index (χ2n) is 4.48. The molecule has 0 saturated carbocycles. The van der Waals surface area contributed by atoms with E-state index in [1.54, 1.807) is 0 Å². The maximum absolute atomic E-state index is 11.7. The summed E-state index contributed by atoms with van der Waals surface area (Å²) in [5, 5.41) is 3.12. The number of methoxy groups -OCH3 is 1. The van der Waals surface area contributed by atoms with Crippen molar-refractivity contribution >= 4 is 5.97 Å². The van der Waals surface area contributed by atoms with Crippen molar-refractivity contribution in [2.24, 2.45) is 0 Å². The zero-order valence-electron chi connectivity index (χ0n) is 11.0. The van der Waals surface area contributed by atoms with Crippen LogP contribution in [-0.4, -0.2) is 51.1 Å². The van der Waals surface area contributed by atoms with Crippen molar-refractivity contribution < 1.29 is 19.0 Å². The number of hydrogen-bond acceptors (Lipinski definition) is 5. The van der Waals surface area contributed by atoms with Gasteiger partial charge < -0.3 is 19.5 Å². The molecule has 1 rings (SSSR count). The minimum absolute atomic E-state index is 0.186. The van der Waals surface area contributed by atoms with E-state index < -0.39 is 5.54 Å². The van der Waals surface area contributed by atoms with Crippen LogP contribution in [0.3, 0.4) is 0 Å². The van der Waals surface area contributed by atoms with E-state index >= 15 is 0 Å². The molecular formula is C12H23NO4. The van der Waals surface area contributed by atoms with Gasteiger partial charge in [0.05, 0.1) is 19.8 Å². The maximum Gasteiger partial charge on any atom is 0.328 e. The quantitative estimate of drug-likeness (QED) is 0.699. The number of esters is 1. The number of nitrogens with one attached hydrogen (secondary N) is 1. The average molecular weight is 245 g/mol. The predicted octanol–water partition coefficient (Wildman–Crippen LogP) is 0.723. The maximum atomic E-state index is 11.7. The van der Waals surface area contributed by atoms with Crippen molar-refractivity contribution in [3.05, 3.63) is 0 Å². The fourth-order valence-electron chi connectivity index (χ4n) is 1.92.